The highest BCUT2D eigenvalue weighted by Crippen LogP contribution is 2.34. The summed E-state index contributed by atoms with van der Waals surface area (Å²) in [4.78, 5) is 32.0. The van der Waals surface area contributed by atoms with Crippen LogP contribution in [0.4, 0.5) is 0 Å². The van der Waals surface area contributed by atoms with Gasteiger partial charge < -0.3 is 20.1 Å². The maximum atomic E-state index is 13.4. The molecule has 3 aromatic rings. The molecule has 9 heteroatoms. The zero-order valence-electron chi connectivity index (χ0n) is 23.7. The lowest BCUT2D eigenvalue weighted by Gasteiger charge is -2.30. The third kappa shape index (κ3) is 6.60. The molecule has 0 saturated carbocycles. The number of rotatable bonds is 12. The predicted molar refractivity (Wildman–Crippen MR) is 153 cm³/mol. The third-order valence-electron chi connectivity index (χ3n) is 7.30. The van der Waals surface area contributed by atoms with E-state index in [1.54, 1.807) is 17.6 Å². The maximum Gasteiger partial charge on any atom is 0.266 e. The summed E-state index contributed by atoms with van der Waals surface area (Å²) in [5.41, 5.74) is 10.6. The number of para-hydroxylation sites is 1. The highest BCUT2D eigenvalue weighted by molar-refractivity contribution is 5.94. The van der Waals surface area contributed by atoms with Crippen LogP contribution < -0.4 is 16.0 Å². The zero-order valence-corrected chi connectivity index (χ0v) is 23.7. The van der Waals surface area contributed by atoms with Crippen LogP contribution in [0, 0.1) is 5.92 Å². The minimum atomic E-state index is -1.25. The number of hydroxylamine groups is 1. The van der Waals surface area contributed by atoms with E-state index in [9.17, 15) is 14.8 Å². The van der Waals surface area contributed by atoms with Crippen molar-refractivity contribution in [3.63, 3.8) is 0 Å². The summed E-state index contributed by atoms with van der Waals surface area (Å²) < 4.78 is 11.9. The maximum absolute atomic E-state index is 13.4. The Kier molecular flexibility index (Phi) is 9.40. The topological polar surface area (TPSA) is 127 Å². The number of benzene rings is 2. The molecular weight excluding hydrogens is 508 g/mol. The lowest BCUT2D eigenvalue weighted by atomic mass is 9.89. The molecule has 2 amide bonds. The highest BCUT2D eigenvalue weighted by atomic mass is 16.5. The summed E-state index contributed by atoms with van der Waals surface area (Å²) in [5, 5.41) is 10.3. The van der Waals surface area contributed by atoms with Crippen LogP contribution in [0.15, 0.2) is 54.6 Å². The van der Waals surface area contributed by atoms with E-state index in [0.29, 0.717) is 50.3 Å². The van der Waals surface area contributed by atoms with Gasteiger partial charge in [0.2, 0.25) is 5.91 Å². The first kappa shape index (κ1) is 29.5. The van der Waals surface area contributed by atoms with Crippen LogP contribution in [0.1, 0.15) is 57.4 Å². The first-order valence-electron chi connectivity index (χ1n) is 13.9. The van der Waals surface area contributed by atoms with Crippen molar-refractivity contribution in [2.24, 2.45) is 11.7 Å². The van der Waals surface area contributed by atoms with Gasteiger partial charge in [0.05, 0.1) is 18.2 Å². The number of hydrogen-bond donors (Lipinski definition) is 3. The van der Waals surface area contributed by atoms with E-state index >= 15 is 0 Å². The number of amides is 2. The number of nitrogens with zero attached hydrogens (tertiary/aromatic N) is 2. The summed E-state index contributed by atoms with van der Waals surface area (Å²) in [6, 6.07) is 16.5. The lowest BCUT2D eigenvalue weighted by Crippen LogP contribution is -2.52. The van der Waals surface area contributed by atoms with Gasteiger partial charge in [-0.2, -0.15) is 0 Å². The summed E-state index contributed by atoms with van der Waals surface area (Å²) in [6.45, 7) is 9.25. The molecule has 4 rings (SSSR count). The smallest absolute Gasteiger partial charge is 0.266 e. The van der Waals surface area contributed by atoms with Crippen LogP contribution in [0.25, 0.3) is 10.9 Å². The zero-order chi connectivity index (χ0) is 28.9. The van der Waals surface area contributed by atoms with Gasteiger partial charge in [0, 0.05) is 29.6 Å². The molecule has 1 fully saturated rings. The molecule has 0 aliphatic carbocycles. The van der Waals surface area contributed by atoms with Crippen LogP contribution in [-0.2, 0) is 32.9 Å². The standard InChI is InChI=1S/C31H40N4O5/c1-20(2)17-28(29(36)34-38)35-15-14-31(32,30(35)37)23-9-11-25(12-10-23)40-19-22-18-24(13-16-39-21(3)4)33-27-8-6-5-7-26(22)27/h5-12,18,20-21,28,38H,13-17,19,32H2,1-4H3,(H,34,36)/t28-,31-/m1/s1. The Morgan fingerprint density at radius 3 is 2.55 bits per heavy atom. The SMILES string of the molecule is CC(C)C[C@H](C(=O)NO)N1CC[C@@](N)(c2ccc(OCc3cc(CCOC(C)C)nc4ccccc34)cc2)C1=O. The molecule has 1 aliphatic heterocycles. The molecule has 2 atom stereocenters. The van der Waals surface area contributed by atoms with Gasteiger partial charge in [-0.25, -0.2) is 5.48 Å². The fraction of sp³-hybridized carbons (Fsp3) is 0.452. The van der Waals surface area contributed by atoms with Gasteiger partial charge in [0.1, 0.15) is 23.9 Å². The van der Waals surface area contributed by atoms with Gasteiger partial charge in [0.25, 0.3) is 5.91 Å². The fourth-order valence-electron chi connectivity index (χ4n) is 5.19. The normalized spacial score (nSPS) is 18.1. The quantitative estimate of drug-likeness (QED) is 0.230. The van der Waals surface area contributed by atoms with Crippen LogP contribution in [0.2, 0.25) is 0 Å². The van der Waals surface area contributed by atoms with Crippen molar-refractivity contribution in [2.75, 3.05) is 13.2 Å². The van der Waals surface area contributed by atoms with Crippen molar-refractivity contribution in [1.82, 2.24) is 15.4 Å². The Bertz CT molecular complexity index is 1330. The van der Waals surface area contributed by atoms with E-state index in [1.165, 1.54) is 4.90 Å². The minimum Gasteiger partial charge on any atom is -0.489 e. The molecule has 1 aliphatic rings. The van der Waals surface area contributed by atoms with Crippen molar-refractivity contribution >= 4 is 22.7 Å². The van der Waals surface area contributed by atoms with Crippen LogP contribution >= 0.6 is 0 Å². The van der Waals surface area contributed by atoms with Gasteiger partial charge >= 0.3 is 0 Å². The molecule has 2 heterocycles. The number of nitrogens with two attached hydrogens (primary N) is 1. The molecule has 9 nitrogen and oxygen atoms in total. The second-order valence-corrected chi connectivity index (χ2v) is 11.1. The Hall–Kier alpha value is -3.53. The minimum absolute atomic E-state index is 0.154. The van der Waals surface area contributed by atoms with E-state index in [2.05, 4.69) is 6.07 Å². The molecular formula is C31H40N4O5. The first-order chi connectivity index (χ1) is 19.1. The van der Waals surface area contributed by atoms with Gasteiger partial charge in [-0.1, -0.05) is 44.2 Å². The van der Waals surface area contributed by atoms with Gasteiger partial charge in [-0.15, -0.1) is 0 Å². The van der Waals surface area contributed by atoms with Crippen LogP contribution in [0.3, 0.4) is 0 Å². The number of nitrogens with one attached hydrogen (secondary N) is 1. The van der Waals surface area contributed by atoms with Gasteiger partial charge in [-0.05, 0) is 62.4 Å². The van der Waals surface area contributed by atoms with Crippen molar-refractivity contribution in [1.29, 1.82) is 0 Å². The van der Waals surface area contributed by atoms with E-state index in [0.717, 1.165) is 22.2 Å². The third-order valence-corrected chi connectivity index (χ3v) is 7.30. The Morgan fingerprint density at radius 2 is 1.88 bits per heavy atom. The van der Waals surface area contributed by atoms with Crippen LogP contribution in [0.5, 0.6) is 5.75 Å². The number of ether oxygens (including phenoxy) is 2. The van der Waals surface area contributed by atoms with Gasteiger partial charge in [0.15, 0.2) is 0 Å². The number of carbonyl (C=O) groups excluding carboxylic acids is 2. The number of pyridine rings is 1. The molecule has 2 aromatic carbocycles. The van der Waals surface area contributed by atoms with Gasteiger partial charge in [-0.3, -0.25) is 19.8 Å². The molecule has 4 N–H and O–H groups in total. The molecule has 0 radical (unpaired) electrons. The van der Waals surface area contributed by atoms with E-state index in [-0.39, 0.29) is 17.9 Å². The molecule has 0 bridgehead atoms. The molecule has 0 spiro atoms. The number of aromatic nitrogens is 1. The summed E-state index contributed by atoms with van der Waals surface area (Å²) in [6.07, 6.45) is 1.68. The average Bonchev–Trinajstić information content (AvgIpc) is 3.24. The first-order valence-corrected chi connectivity index (χ1v) is 13.9. The Labute approximate surface area is 235 Å². The highest BCUT2D eigenvalue weighted by Gasteiger charge is 2.48. The van der Waals surface area contributed by atoms with Crippen LogP contribution in [-0.4, -0.2) is 52.2 Å². The molecule has 214 valence electrons. The number of fused-ring (bicyclic) bond motifs is 1. The Morgan fingerprint density at radius 1 is 1.15 bits per heavy atom. The van der Waals surface area contributed by atoms with Crippen molar-refractivity contribution in [3.8, 4) is 5.75 Å². The monoisotopic (exact) mass is 548 g/mol. The number of carbonyl (C=O) groups is 2. The van der Waals surface area contributed by atoms with E-state index < -0.39 is 17.5 Å². The molecule has 0 unspecified atom stereocenters. The second kappa shape index (κ2) is 12.8. The largest absolute Gasteiger partial charge is 0.489 e. The average molecular weight is 549 g/mol. The number of likely N-dealkylation sites (tertiary alicyclic amines) is 1. The molecule has 1 saturated heterocycles. The lowest BCUT2D eigenvalue weighted by molar-refractivity contribution is -0.144. The van der Waals surface area contributed by atoms with Crippen molar-refractivity contribution < 1.29 is 24.3 Å². The Balaban J connectivity index is 1.47. The van der Waals surface area contributed by atoms with E-state index in [1.807, 2.05) is 64.1 Å². The van der Waals surface area contributed by atoms with Crippen molar-refractivity contribution in [2.45, 2.75) is 71.2 Å². The van der Waals surface area contributed by atoms with Crippen molar-refractivity contribution in [3.05, 3.63) is 71.4 Å². The number of hydrogen-bond acceptors (Lipinski definition) is 7. The summed E-state index contributed by atoms with van der Waals surface area (Å²) in [5.74, 6) is -0.124. The summed E-state index contributed by atoms with van der Waals surface area (Å²) in [7, 11) is 0. The predicted octanol–water partition coefficient (Wildman–Crippen LogP) is 4.09. The van der Waals surface area contributed by atoms with E-state index in [4.69, 9.17) is 20.2 Å². The fourth-order valence-corrected chi connectivity index (χ4v) is 5.19. The second-order valence-electron chi connectivity index (χ2n) is 11.1. The summed E-state index contributed by atoms with van der Waals surface area (Å²) >= 11 is 0. The molecule has 1 aromatic heterocycles. The molecule has 40 heavy (non-hydrogen) atoms.